The molecule has 1 saturated heterocycles. The van der Waals surface area contributed by atoms with Crippen LogP contribution in [0.1, 0.15) is 24.8 Å². The summed E-state index contributed by atoms with van der Waals surface area (Å²) in [6, 6.07) is 7.80. The number of rotatable bonds is 6. The number of β-amino-alcohol motifs (C(OH)–C–C–N with tert-alkyl or cyclic N) is 1. The number of hydrogen-bond acceptors (Lipinski definition) is 3. The summed E-state index contributed by atoms with van der Waals surface area (Å²) in [6.45, 7) is 4.34. The highest BCUT2D eigenvalue weighted by molar-refractivity contribution is 6.31. The van der Waals surface area contributed by atoms with Crippen LogP contribution in [0.2, 0.25) is 5.02 Å². The van der Waals surface area contributed by atoms with Crippen LogP contribution < -0.4 is 5.32 Å². The van der Waals surface area contributed by atoms with Crippen LogP contribution >= 0.6 is 11.6 Å². The van der Waals surface area contributed by atoms with Gasteiger partial charge in [0.2, 0.25) is 0 Å². The van der Waals surface area contributed by atoms with E-state index < -0.39 is 0 Å². The Hall–Kier alpha value is -0.610. The molecule has 1 atom stereocenters. The van der Waals surface area contributed by atoms with Crippen LogP contribution in [0.3, 0.4) is 0 Å². The van der Waals surface area contributed by atoms with Gasteiger partial charge in [-0.25, -0.2) is 0 Å². The lowest BCUT2D eigenvalue weighted by atomic mass is 10.1. The molecule has 0 aromatic heterocycles. The molecule has 0 spiro atoms. The number of aliphatic hydroxyl groups excluding tert-OH is 1. The van der Waals surface area contributed by atoms with E-state index in [1.807, 2.05) is 24.3 Å². The first-order chi connectivity index (χ1) is 9.25. The Balaban J connectivity index is 1.66. The highest BCUT2D eigenvalue weighted by Gasteiger charge is 2.14. The summed E-state index contributed by atoms with van der Waals surface area (Å²) in [5.41, 5.74) is 1.08. The van der Waals surface area contributed by atoms with Crippen molar-refractivity contribution in [1.29, 1.82) is 0 Å². The molecule has 0 aliphatic carbocycles. The minimum absolute atomic E-state index is 0.305. The minimum Gasteiger partial charge on any atom is -0.390 e. The number of halogens is 1. The van der Waals surface area contributed by atoms with Gasteiger partial charge < -0.3 is 15.3 Å². The topological polar surface area (TPSA) is 35.5 Å². The van der Waals surface area contributed by atoms with Gasteiger partial charge in [0, 0.05) is 24.7 Å². The third-order valence-corrected chi connectivity index (χ3v) is 3.94. The number of likely N-dealkylation sites (tertiary alicyclic amines) is 1. The maximum Gasteiger partial charge on any atom is 0.0791 e. The molecule has 19 heavy (non-hydrogen) atoms. The van der Waals surface area contributed by atoms with Crippen molar-refractivity contribution in [3.63, 3.8) is 0 Å². The first-order valence-corrected chi connectivity index (χ1v) is 7.48. The van der Waals surface area contributed by atoms with Crippen LogP contribution in [0, 0.1) is 0 Å². The van der Waals surface area contributed by atoms with Gasteiger partial charge in [-0.15, -0.1) is 0 Å². The maximum atomic E-state index is 10.0. The molecule has 1 aromatic carbocycles. The summed E-state index contributed by atoms with van der Waals surface area (Å²) >= 11 is 6.08. The quantitative estimate of drug-likeness (QED) is 0.840. The summed E-state index contributed by atoms with van der Waals surface area (Å²) in [5, 5.41) is 14.1. The molecule has 0 radical (unpaired) electrons. The second-order valence-corrected chi connectivity index (χ2v) is 5.64. The monoisotopic (exact) mass is 282 g/mol. The van der Waals surface area contributed by atoms with E-state index >= 15 is 0 Å². The van der Waals surface area contributed by atoms with E-state index in [0.29, 0.717) is 13.1 Å². The molecule has 0 bridgehead atoms. The number of nitrogens with zero attached hydrogens (tertiary/aromatic N) is 1. The highest BCUT2D eigenvalue weighted by atomic mass is 35.5. The zero-order valence-electron chi connectivity index (χ0n) is 11.3. The van der Waals surface area contributed by atoms with Gasteiger partial charge in [-0.05, 0) is 37.6 Å². The van der Waals surface area contributed by atoms with Crippen LogP contribution in [-0.2, 0) is 6.54 Å². The van der Waals surface area contributed by atoms with Crippen molar-refractivity contribution in [2.24, 2.45) is 0 Å². The van der Waals surface area contributed by atoms with Crippen molar-refractivity contribution in [2.75, 3.05) is 26.2 Å². The lowest BCUT2D eigenvalue weighted by Gasteiger charge is -2.28. The van der Waals surface area contributed by atoms with Gasteiger partial charge in [0.1, 0.15) is 0 Å². The highest BCUT2D eigenvalue weighted by Crippen LogP contribution is 2.14. The van der Waals surface area contributed by atoms with Gasteiger partial charge in [-0.2, -0.15) is 0 Å². The average Bonchev–Trinajstić information content (AvgIpc) is 2.42. The first kappa shape index (κ1) is 14.8. The molecule has 106 valence electrons. The minimum atomic E-state index is -0.305. The van der Waals surface area contributed by atoms with E-state index in [4.69, 9.17) is 11.6 Å². The summed E-state index contributed by atoms with van der Waals surface area (Å²) in [6.07, 6.45) is 3.55. The lowest BCUT2D eigenvalue weighted by Crippen LogP contribution is -2.40. The fourth-order valence-electron chi connectivity index (χ4n) is 2.52. The molecule has 0 amide bonds. The second-order valence-electron chi connectivity index (χ2n) is 5.24. The van der Waals surface area contributed by atoms with E-state index in [1.165, 1.54) is 19.3 Å². The molecule has 1 aliphatic rings. The SMILES string of the molecule is O[C@H](CNCc1ccccc1Cl)CN1CCCCC1. The second kappa shape index (κ2) is 7.85. The van der Waals surface area contributed by atoms with Crippen molar-refractivity contribution in [2.45, 2.75) is 31.9 Å². The normalized spacial score (nSPS) is 18.4. The zero-order chi connectivity index (χ0) is 13.5. The third-order valence-electron chi connectivity index (χ3n) is 3.57. The molecule has 1 aliphatic heterocycles. The Bertz CT molecular complexity index is 380. The van der Waals surface area contributed by atoms with Crippen LogP contribution in [0.4, 0.5) is 0 Å². The molecule has 1 heterocycles. The van der Waals surface area contributed by atoms with Crippen molar-refractivity contribution in [3.05, 3.63) is 34.9 Å². The molecule has 3 nitrogen and oxygen atoms in total. The standard InChI is InChI=1S/C15H23ClN2O/c16-15-7-3-2-6-13(15)10-17-11-14(19)12-18-8-4-1-5-9-18/h2-3,6-7,14,17,19H,1,4-5,8-12H2/t14-/m1/s1. The largest absolute Gasteiger partial charge is 0.390 e. The zero-order valence-corrected chi connectivity index (χ0v) is 12.1. The smallest absolute Gasteiger partial charge is 0.0791 e. The molecule has 0 unspecified atom stereocenters. The van der Waals surface area contributed by atoms with Crippen LogP contribution in [0.15, 0.2) is 24.3 Å². The molecular formula is C15H23ClN2O. The summed E-state index contributed by atoms with van der Waals surface area (Å²) in [5.74, 6) is 0. The number of benzene rings is 1. The lowest BCUT2D eigenvalue weighted by molar-refractivity contribution is 0.1000. The Labute approximate surface area is 120 Å². The Kier molecular flexibility index (Phi) is 6.11. The Morgan fingerprint density at radius 1 is 1.21 bits per heavy atom. The van der Waals surface area contributed by atoms with E-state index in [9.17, 15) is 5.11 Å². The van der Waals surface area contributed by atoms with Crippen LogP contribution in [-0.4, -0.2) is 42.3 Å². The summed E-state index contributed by atoms with van der Waals surface area (Å²) < 4.78 is 0. The van der Waals surface area contributed by atoms with Gasteiger partial charge in [0.15, 0.2) is 0 Å². The predicted molar refractivity (Wildman–Crippen MR) is 79.5 cm³/mol. The fraction of sp³-hybridized carbons (Fsp3) is 0.600. The van der Waals surface area contributed by atoms with Crippen molar-refractivity contribution in [3.8, 4) is 0 Å². The molecular weight excluding hydrogens is 260 g/mol. The van der Waals surface area contributed by atoms with Gasteiger partial charge in [0.25, 0.3) is 0 Å². The van der Waals surface area contributed by atoms with E-state index in [-0.39, 0.29) is 6.10 Å². The predicted octanol–water partition coefficient (Wildman–Crippen LogP) is 2.28. The number of nitrogens with one attached hydrogen (secondary N) is 1. The fourth-order valence-corrected chi connectivity index (χ4v) is 2.72. The molecule has 2 N–H and O–H groups in total. The molecule has 1 fully saturated rings. The number of hydrogen-bond donors (Lipinski definition) is 2. The van der Waals surface area contributed by atoms with Crippen LogP contribution in [0.5, 0.6) is 0 Å². The maximum absolute atomic E-state index is 10.0. The molecule has 0 saturated carbocycles. The number of piperidine rings is 1. The molecule has 4 heteroatoms. The van der Waals surface area contributed by atoms with Gasteiger partial charge in [0.05, 0.1) is 6.10 Å². The van der Waals surface area contributed by atoms with Crippen molar-refractivity contribution < 1.29 is 5.11 Å². The summed E-state index contributed by atoms with van der Waals surface area (Å²) in [7, 11) is 0. The van der Waals surface area contributed by atoms with Gasteiger partial charge >= 0.3 is 0 Å². The average molecular weight is 283 g/mol. The molecule has 2 rings (SSSR count). The summed E-state index contributed by atoms with van der Waals surface area (Å²) in [4.78, 5) is 2.35. The van der Waals surface area contributed by atoms with E-state index in [2.05, 4.69) is 10.2 Å². The van der Waals surface area contributed by atoms with Crippen LogP contribution in [0.25, 0.3) is 0 Å². The van der Waals surface area contributed by atoms with Gasteiger partial charge in [-0.1, -0.05) is 36.2 Å². The van der Waals surface area contributed by atoms with E-state index in [1.54, 1.807) is 0 Å². The van der Waals surface area contributed by atoms with Crippen molar-refractivity contribution >= 4 is 11.6 Å². The first-order valence-electron chi connectivity index (χ1n) is 7.10. The van der Waals surface area contributed by atoms with Crippen molar-refractivity contribution in [1.82, 2.24) is 10.2 Å². The van der Waals surface area contributed by atoms with E-state index in [0.717, 1.165) is 30.2 Å². The Morgan fingerprint density at radius 3 is 2.68 bits per heavy atom. The Morgan fingerprint density at radius 2 is 1.95 bits per heavy atom. The number of aliphatic hydroxyl groups is 1. The van der Waals surface area contributed by atoms with Gasteiger partial charge in [-0.3, -0.25) is 0 Å². The molecule has 1 aromatic rings. The third kappa shape index (κ3) is 5.11.